The van der Waals surface area contributed by atoms with Crippen molar-refractivity contribution in [2.45, 2.75) is 6.42 Å². The molecule has 1 aliphatic heterocycles. The monoisotopic (exact) mass is 222 g/mol. The van der Waals surface area contributed by atoms with E-state index in [0.29, 0.717) is 18.3 Å². The first-order valence-corrected chi connectivity index (χ1v) is 5.26. The summed E-state index contributed by atoms with van der Waals surface area (Å²) in [6.07, 6.45) is 2.56. The summed E-state index contributed by atoms with van der Waals surface area (Å²) in [6, 6.07) is 3.07. The van der Waals surface area contributed by atoms with Gasteiger partial charge in [0, 0.05) is 25.4 Å². The Bertz CT molecular complexity index is 396. The van der Waals surface area contributed by atoms with Gasteiger partial charge in [-0.1, -0.05) is 0 Å². The van der Waals surface area contributed by atoms with Crippen LogP contribution >= 0.6 is 0 Å². The van der Waals surface area contributed by atoms with Gasteiger partial charge >= 0.3 is 5.69 Å². The molecule has 1 atom stereocenters. The average Bonchev–Trinajstić information content (AvgIpc) is 2.77. The van der Waals surface area contributed by atoms with E-state index < -0.39 is 4.92 Å². The second-order valence-electron chi connectivity index (χ2n) is 3.94. The van der Waals surface area contributed by atoms with E-state index in [9.17, 15) is 10.1 Å². The van der Waals surface area contributed by atoms with Crippen LogP contribution in [0.1, 0.15) is 6.42 Å². The summed E-state index contributed by atoms with van der Waals surface area (Å²) in [5.41, 5.74) is 5.66. The summed E-state index contributed by atoms with van der Waals surface area (Å²) in [7, 11) is 0. The van der Waals surface area contributed by atoms with E-state index in [-0.39, 0.29) is 5.69 Å². The average molecular weight is 222 g/mol. The summed E-state index contributed by atoms with van der Waals surface area (Å²) < 4.78 is 0. The predicted molar refractivity (Wildman–Crippen MR) is 60.3 cm³/mol. The number of nitrogens with zero attached hydrogens (tertiary/aromatic N) is 3. The number of pyridine rings is 1. The fourth-order valence-corrected chi connectivity index (χ4v) is 1.99. The number of hydrogen-bond acceptors (Lipinski definition) is 5. The fraction of sp³-hybridized carbons (Fsp3) is 0.500. The Balaban J connectivity index is 2.24. The largest absolute Gasteiger partial charge is 0.351 e. The summed E-state index contributed by atoms with van der Waals surface area (Å²) in [6.45, 7) is 2.17. The van der Waals surface area contributed by atoms with E-state index in [0.717, 1.165) is 19.5 Å². The van der Waals surface area contributed by atoms with Gasteiger partial charge in [-0.15, -0.1) is 0 Å². The Labute approximate surface area is 93.2 Å². The standard InChI is InChI=1S/C10H14N4O2/c11-6-8-3-5-13(7-8)10-9(14(15)16)2-1-4-12-10/h1-2,4,8H,3,5-7,11H2/t8-/m0/s1. The van der Waals surface area contributed by atoms with Gasteiger partial charge < -0.3 is 10.6 Å². The molecule has 2 rings (SSSR count). The molecule has 0 amide bonds. The summed E-state index contributed by atoms with van der Waals surface area (Å²) in [5, 5.41) is 10.8. The molecular weight excluding hydrogens is 208 g/mol. The molecule has 0 aliphatic carbocycles. The molecule has 1 fully saturated rings. The first-order chi connectivity index (χ1) is 7.72. The minimum absolute atomic E-state index is 0.0696. The highest BCUT2D eigenvalue weighted by Crippen LogP contribution is 2.29. The van der Waals surface area contributed by atoms with Crippen molar-refractivity contribution in [1.82, 2.24) is 4.98 Å². The maximum Gasteiger partial charge on any atom is 0.311 e. The summed E-state index contributed by atoms with van der Waals surface area (Å²) in [4.78, 5) is 16.5. The first-order valence-electron chi connectivity index (χ1n) is 5.26. The van der Waals surface area contributed by atoms with Crippen LogP contribution in [-0.2, 0) is 0 Å². The van der Waals surface area contributed by atoms with Crippen LogP contribution in [0.5, 0.6) is 0 Å². The van der Waals surface area contributed by atoms with E-state index >= 15 is 0 Å². The van der Waals surface area contributed by atoms with Gasteiger partial charge in [-0.25, -0.2) is 4.98 Å². The van der Waals surface area contributed by atoms with Gasteiger partial charge in [0.2, 0.25) is 5.82 Å². The maximum atomic E-state index is 10.8. The van der Waals surface area contributed by atoms with Crippen LogP contribution in [0.25, 0.3) is 0 Å². The molecule has 1 aromatic rings. The molecule has 6 nitrogen and oxygen atoms in total. The van der Waals surface area contributed by atoms with Gasteiger partial charge in [-0.2, -0.15) is 0 Å². The number of anilines is 1. The van der Waals surface area contributed by atoms with Gasteiger partial charge in [0.15, 0.2) is 0 Å². The molecule has 2 heterocycles. The second kappa shape index (κ2) is 4.44. The van der Waals surface area contributed by atoms with Gasteiger partial charge in [0.25, 0.3) is 0 Å². The zero-order valence-electron chi connectivity index (χ0n) is 8.87. The van der Waals surface area contributed by atoms with Crippen molar-refractivity contribution in [3.05, 3.63) is 28.4 Å². The normalized spacial score (nSPS) is 20.1. The zero-order chi connectivity index (χ0) is 11.5. The lowest BCUT2D eigenvalue weighted by Gasteiger charge is -2.16. The van der Waals surface area contributed by atoms with E-state index in [1.807, 2.05) is 4.90 Å². The molecule has 1 aromatic heterocycles. The van der Waals surface area contributed by atoms with Gasteiger partial charge in [-0.3, -0.25) is 10.1 Å². The number of aromatic nitrogens is 1. The van der Waals surface area contributed by atoms with Crippen molar-refractivity contribution in [3.8, 4) is 0 Å². The SMILES string of the molecule is NC[C@@H]1CCN(c2ncccc2[N+](=O)[O-])C1. The van der Waals surface area contributed by atoms with Crippen LogP contribution in [0.3, 0.4) is 0 Å². The molecule has 1 aliphatic rings. The molecule has 16 heavy (non-hydrogen) atoms. The van der Waals surface area contributed by atoms with Crippen LogP contribution in [-0.4, -0.2) is 29.5 Å². The van der Waals surface area contributed by atoms with E-state index in [2.05, 4.69) is 4.98 Å². The molecular formula is C10H14N4O2. The van der Waals surface area contributed by atoms with E-state index in [4.69, 9.17) is 5.73 Å². The second-order valence-corrected chi connectivity index (χ2v) is 3.94. The highest BCUT2D eigenvalue weighted by Gasteiger charge is 2.27. The molecule has 0 radical (unpaired) electrons. The molecule has 6 heteroatoms. The summed E-state index contributed by atoms with van der Waals surface area (Å²) >= 11 is 0. The molecule has 86 valence electrons. The predicted octanol–water partition coefficient (Wildman–Crippen LogP) is 0.775. The number of nitrogens with two attached hydrogens (primary N) is 1. The van der Waals surface area contributed by atoms with Crippen LogP contribution in [0.4, 0.5) is 11.5 Å². The van der Waals surface area contributed by atoms with Crippen LogP contribution < -0.4 is 10.6 Å². The molecule has 1 saturated heterocycles. The minimum atomic E-state index is -0.391. The molecule has 0 unspecified atom stereocenters. The molecule has 0 bridgehead atoms. The fourth-order valence-electron chi connectivity index (χ4n) is 1.99. The molecule has 0 saturated carbocycles. The Hall–Kier alpha value is -1.69. The zero-order valence-corrected chi connectivity index (χ0v) is 8.87. The Kier molecular flexibility index (Phi) is 3.00. The topological polar surface area (TPSA) is 85.3 Å². The van der Waals surface area contributed by atoms with Gasteiger partial charge in [0.05, 0.1) is 4.92 Å². The van der Waals surface area contributed by atoms with Crippen molar-refractivity contribution in [3.63, 3.8) is 0 Å². The lowest BCUT2D eigenvalue weighted by Crippen LogP contribution is -2.24. The van der Waals surface area contributed by atoms with Crippen LogP contribution in [0, 0.1) is 16.0 Å². The smallest absolute Gasteiger partial charge is 0.311 e. The third-order valence-electron chi connectivity index (χ3n) is 2.88. The van der Waals surface area contributed by atoms with Crippen LogP contribution in [0.15, 0.2) is 18.3 Å². The highest BCUT2D eigenvalue weighted by atomic mass is 16.6. The van der Waals surface area contributed by atoms with Crippen LogP contribution in [0.2, 0.25) is 0 Å². The lowest BCUT2D eigenvalue weighted by molar-refractivity contribution is -0.384. The van der Waals surface area contributed by atoms with E-state index in [1.165, 1.54) is 6.07 Å². The minimum Gasteiger partial charge on any atom is -0.351 e. The Morgan fingerprint density at radius 1 is 1.69 bits per heavy atom. The summed E-state index contributed by atoms with van der Waals surface area (Å²) in [5.74, 6) is 0.880. The van der Waals surface area contributed by atoms with Crippen molar-refractivity contribution in [2.24, 2.45) is 11.7 Å². The quantitative estimate of drug-likeness (QED) is 0.603. The van der Waals surface area contributed by atoms with Gasteiger partial charge in [-0.05, 0) is 24.9 Å². The Morgan fingerprint density at radius 3 is 3.12 bits per heavy atom. The molecule has 0 spiro atoms. The number of rotatable bonds is 3. The number of hydrogen-bond donors (Lipinski definition) is 1. The third kappa shape index (κ3) is 1.96. The Morgan fingerprint density at radius 2 is 2.50 bits per heavy atom. The number of nitro groups is 1. The third-order valence-corrected chi connectivity index (χ3v) is 2.88. The van der Waals surface area contributed by atoms with Crippen molar-refractivity contribution >= 4 is 11.5 Å². The van der Waals surface area contributed by atoms with Gasteiger partial charge in [0.1, 0.15) is 0 Å². The van der Waals surface area contributed by atoms with Crippen molar-refractivity contribution < 1.29 is 4.92 Å². The molecule has 2 N–H and O–H groups in total. The lowest BCUT2D eigenvalue weighted by atomic mass is 10.1. The maximum absolute atomic E-state index is 10.8. The van der Waals surface area contributed by atoms with Crippen molar-refractivity contribution in [2.75, 3.05) is 24.5 Å². The van der Waals surface area contributed by atoms with Crippen molar-refractivity contribution in [1.29, 1.82) is 0 Å². The highest BCUT2D eigenvalue weighted by molar-refractivity contribution is 5.57. The van der Waals surface area contributed by atoms with E-state index in [1.54, 1.807) is 12.3 Å². The molecule has 0 aromatic carbocycles. The first kappa shape index (κ1) is 10.8.